The largest absolute Gasteiger partial charge is 0.506 e. The van der Waals surface area contributed by atoms with E-state index in [1.807, 2.05) is 18.2 Å². The molecule has 0 amide bonds. The molecule has 2 N–H and O–H groups in total. The molecule has 1 heterocycles. The lowest BCUT2D eigenvalue weighted by molar-refractivity contribution is 0.411. The Morgan fingerprint density at radius 2 is 1.39 bits per heavy atom. The lowest BCUT2D eigenvalue weighted by Gasteiger charge is -2.09. The van der Waals surface area contributed by atoms with Crippen molar-refractivity contribution in [3.05, 3.63) is 88.0 Å². The number of pyridine rings is 1. The van der Waals surface area contributed by atoms with Crippen LogP contribution in [0.5, 0.6) is 23.0 Å². The number of aromatic nitrogens is 1. The Morgan fingerprint density at radius 1 is 0.714 bits per heavy atom. The van der Waals surface area contributed by atoms with Gasteiger partial charge in [0.1, 0.15) is 17.0 Å². The fourth-order valence-electron chi connectivity index (χ4n) is 2.34. The normalized spacial score (nSPS) is 10.2. The molecular weight excluding hydrogens is 421 g/mol. The summed E-state index contributed by atoms with van der Waals surface area (Å²) in [6.45, 7) is 0. The molecule has 142 valence electrons. The van der Waals surface area contributed by atoms with Crippen LogP contribution in [0.25, 0.3) is 10.9 Å². The topological polar surface area (TPSA) is 62.6 Å². The zero-order chi connectivity index (χ0) is 20.1. The number of fused-ring (bicyclic) bond motifs is 1. The van der Waals surface area contributed by atoms with Gasteiger partial charge in [0, 0.05) is 27.7 Å². The summed E-state index contributed by atoms with van der Waals surface area (Å²) in [5.74, 6) is 0.874. The van der Waals surface area contributed by atoms with Crippen molar-refractivity contribution in [2.24, 2.45) is 0 Å². The Morgan fingerprint density at radius 3 is 2.07 bits per heavy atom. The predicted molar refractivity (Wildman–Crippen MR) is 113 cm³/mol. The van der Waals surface area contributed by atoms with E-state index in [1.54, 1.807) is 48.7 Å². The van der Waals surface area contributed by atoms with Crippen LogP contribution in [-0.2, 0) is 0 Å². The molecule has 28 heavy (non-hydrogen) atoms. The molecular formula is C21H14Cl3NO3. The van der Waals surface area contributed by atoms with E-state index in [0.717, 1.165) is 5.39 Å². The number of phenols is 2. The fraction of sp³-hybridized carbons (Fsp3) is 0. The van der Waals surface area contributed by atoms with E-state index < -0.39 is 0 Å². The van der Waals surface area contributed by atoms with Gasteiger partial charge in [0.2, 0.25) is 0 Å². The Hall–Kier alpha value is -2.66. The monoisotopic (exact) mass is 433 g/mol. The summed E-state index contributed by atoms with van der Waals surface area (Å²) in [6, 6.07) is 18.5. The highest BCUT2D eigenvalue weighted by Crippen LogP contribution is 2.36. The first kappa shape index (κ1) is 20.1. The Labute approximate surface area is 176 Å². The molecule has 1 aromatic heterocycles. The number of hydrogen-bond donors (Lipinski definition) is 2. The lowest BCUT2D eigenvalue weighted by Crippen LogP contribution is -1.86. The van der Waals surface area contributed by atoms with E-state index >= 15 is 0 Å². The van der Waals surface area contributed by atoms with Crippen molar-refractivity contribution in [1.29, 1.82) is 0 Å². The zero-order valence-corrected chi connectivity index (χ0v) is 16.6. The van der Waals surface area contributed by atoms with Crippen molar-refractivity contribution in [2.75, 3.05) is 0 Å². The number of rotatable bonds is 2. The van der Waals surface area contributed by atoms with Crippen LogP contribution >= 0.6 is 34.8 Å². The minimum atomic E-state index is -0.0523. The Balaban J connectivity index is 0.000000176. The number of hydrogen-bond acceptors (Lipinski definition) is 4. The van der Waals surface area contributed by atoms with Gasteiger partial charge in [0.15, 0.2) is 11.5 Å². The molecule has 0 spiro atoms. The van der Waals surface area contributed by atoms with Gasteiger partial charge in [-0.25, -0.2) is 0 Å². The molecule has 0 aliphatic rings. The van der Waals surface area contributed by atoms with E-state index in [9.17, 15) is 10.2 Å². The second-order valence-corrected chi connectivity index (χ2v) is 6.92. The first-order valence-electron chi connectivity index (χ1n) is 8.08. The molecule has 0 fully saturated rings. The molecule has 0 saturated carbocycles. The molecule has 7 heteroatoms. The fourth-order valence-corrected chi connectivity index (χ4v) is 2.95. The third-order valence-electron chi connectivity index (χ3n) is 3.65. The minimum Gasteiger partial charge on any atom is -0.506 e. The van der Waals surface area contributed by atoms with Crippen LogP contribution in [0, 0.1) is 0 Å². The predicted octanol–water partition coefficient (Wildman–Crippen LogP) is 7.09. The van der Waals surface area contributed by atoms with E-state index in [4.69, 9.17) is 39.5 Å². The quantitative estimate of drug-likeness (QED) is 0.353. The van der Waals surface area contributed by atoms with Crippen molar-refractivity contribution >= 4 is 45.7 Å². The first-order chi connectivity index (χ1) is 13.4. The molecule has 0 aliphatic heterocycles. The third kappa shape index (κ3) is 4.98. The standard InChI is InChI=1S/C12H7Cl3O2.C9H7NO/c13-7-1-3-11(9(15)5-7)17-12-4-2-8(14)6-10(12)16;11-8-5-1-3-7-4-2-6-10-9(7)8/h1-6,16H;1-6,11H. The van der Waals surface area contributed by atoms with Crippen molar-refractivity contribution < 1.29 is 14.9 Å². The molecule has 0 aliphatic carbocycles. The van der Waals surface area contributed by atoms with Crippen LogP contribution in [0.4, 0.5) is 0 Å². The third-order valence-corrected chi connectivity index (χ3v) is 4.41. The maximum Gasteiger partial charge on any atom is 0.169 e. The molecule has 0 atom stereocenters. The number of nitrogens with zero attached hydrogens (tertiary/aromatic N) is 1. The van der Waals surface area contributed by atoms with E-state index in [0.29, 0.717) is 26.3 Å². The lowest BCUT2D eigenvalue weighted by atomic mass is 10.2. The number of benzene rings is 3. The molecule has 0 unspecified atom stereocenters. The summed E-state index contributed by atoms with van der Waals surface area (Å²) in [6.07, 6.45) is 1.67. The van der Waals surface area contributed by atoms with Gasteiger partial charge in [-0.3, -0.25) is 4.98 Å². The van der Waals surface area contributed by atoms with Crippen LogP contribution in [0.3, 0.4) is 0 Å². The van der Waals surface area contributed by atoms with E-state index in [2.05, 4.69) is 4.98 Å². The molecule has 4 nitrogen and oxygen atoms in total. The highest BCUT2D eigenvalue weighted by molar-refractivity contribution is 6.35. The average Bonchev–Trinajstić information content (AvgIpc) is 2.67. The van der Waals surface area contributed by atoms with Gasteiger partial charge in [-0.2, -0.15) is 0 Å². The maximum atomic E-state index is 9.62. The summed E-state index contributed by atoms with van der Waals surface area (Å²) in [7, 11) is 0. The van der Waals surface area contributed by atoms with Gasteiger partial charge in [-0.15, -0.1) is 0 Å². The highest BCUT2D eigenvalue weighted by atomic mass is 35.5. The van der Waals surface area contributed by atoms with Gasteiger partial charge in [0.05, 0.1) is 5.02 Å². The summed E-state index contributed by atoms with van der Waals surface area (Å²) in [5, 5.41) is 21.2. The number of aromatic hydroxyl groups is 2. The average molecular weight is 435 g/mol. The molecule has 3 aromatic carbocycles. The van der Waals surface area contributed by atoms with Gasteiger partial charge in [0.25, 0.3) is 0 Å². The van der Waals surface area contributed by atoms with Crippen molar-refractivity contribution in [1.82, 2.24) is 4.98 Å². The Bertz CT molecular complexity index is 1060. The van der Waals surface area contributed by atoms with E-state index in [1.165, 1.54) is 6.07 Å². The van der Waals surface area contributed by atoms with E-state index in [-0.39, 0.29) is 17.2 Å². The smallest absolute Gasteiger partial charge is 0.169 e. The highest BCUT2D eigenvalue weighted by Gasteiger charge is 2.08. The Kier molecular flexibility index (Phi) is 6.47. The van der Waals surface area contributed by atoms with Crippen molar-refractivity contribution in [2.45, 2.75) is 0 Å². The van der Waals surface area contributed by atoms with Crippen LogP contribution in [0.15, 0.2) is 72.9 Å². The second-order valence-electron chi connectivity index (χ2n) is 5.64. The molecule has 0 radical (unpaired) electrons. The number of halogens is 3. The number of phenolic OH excluding ortho intramolecular Hbond substituents is 2. The first-order valence-corrected chi connectivity index (χ1v) is 9.21. The van der Waals surface area contributed by atoms with Crippen LogP contribution in [-0.4, -0.2) is 15.2 Å². The number of ether oxygens (including phenoxy) is 1. The van der Waals surface area contributed by atoms with Crippen LogP contribution in [0.1, 0.15) is 0 Å². The van der Waals surface area contributed by atoms with Gasteiger partial charge in [-0.1, -0.05) is 53.0 Å². The van der Waals surface area contributed by atoms with Gasteiger partial charge >= 0.3 is 0 Å². The van der Waals surface area contributed by atoms with Gasteiger partial charge < -0.3 is 14.9 Å². The summed E-state index contributed by atoms with van der Waals surface area (Å²) < 4.78 is 5.45. The SMILES string of the molecule is Oc1cc(Cl)ccc1Oc1ccc(Cl)cc1Cl.Oc1cccc2cccnc12. The van der Waals surface area contributed by atoms with Gasteiger partial charge in [-0.05, 0) is 42.5 Å². The minimum absolute atomic E-state index is 0.0523. The van der Waals surface area contributed by atoms with Crippen molar-refractivity contribution in [3.8, 4) is 23.0 Å². The van der Waals surface area contributed by atoms with Crippen LogP contribution in [0.2, 0.25) is 15.1 Å². The molecule has 0 saturated heterocycles. The summed E-state index contributed by atoms with van der Waals surface area (Å²) in [5.41, 5.74) is 0.662. The summed E-state index contributed by atoms with van der Waals surface area (Å²) >= 11 is 17.4. The zero-order valence-electron chi connectivity index (χ0n) is 14.3. The molecule has 0 bridgehead atoms. The van der Waals surface area contributed by atoms with Crippen molar-refractivity contribution in [3.63, 3.8) is 0 Å². The molecule has 4 aromatic rings. The molecule has 4 rings (SSSR count). The summed E-state index contributed by atoms with van der Waals surface area (Å²) in [4.78, 5) is 4.03. The maximum absolute atomic E-state index is 9.62. The second kappa shape index (κ2) is 9.02. The number of para-hydroxylation sites is 1. The van der Waals surface area contributed by atoms with Crippen LogP contribution < -0.4 is 4.74 Å².